The molecule has 2 aromatic heterocycles. The number of carbonyl (C=O) groups excluding carboxylic acids is 1. The number of rotatable bonds is 3. The van der Waals surface area contributed by atoms with Crippen LogP contribution in [0.25, 0.3) is 10.9 Å². The summed E-state index contributed by atoms with van der Waals surface area (Å²) in [4.78, 5) is 21.2. The highest BCUT2D eigenvalue weighted by atomic mass is 16.2. The van der Waals surface area contributed by atoms with Crippen LogP contribution in [0.15, 0.2) is 48.8 Å². The van der Waals surface area contributed by atoms with E-state index in [1.807, 2.05) is 36.4 Å². The molecule has 3 aromatic rings. The first-order valence-corrected chi connectivity index (χ1v) is 6.67. The van der Waals surface area contributed by atoms with Gasteiger partial charge in [-0.15, -0.1) is 0 Å². The van der Waals surface area contributed by atoms with E-state index < -0.39 is 0 Å². The van der Waals surface area contributed by atoms with Crippen molar-refractivity contribution in [3.63, 3.8) is 0 Å². The van der Waals surface area contributed by atoms with Crippen LogP contribution < -0.4 is 5.73 Å². The Labute approximate surface area is 122 Å². The van der Waals surface area contributed by atoms with E-state index in [0.29, 0.717) is 17.9 Å². The minimum absolute atomic E-state index is 0.0672. The quantitative estimate of drug-likeness (QED) is 0.723. The van der Waals surface area contributed by atoms with Gasteiger partial charge in [-0.2, -0.15) is 0 Å². The average molecular weight is 280 g/mol. The summed E-state index contributed by atoms with van der Waals surface area (Å²) in [5, 5.41) is 0.940. The van der Waals surface area contributed by atoms with Gasteiger partial charge in [-0.05, 0) is 29.8 Å². The van der Waals surface area contributed by atoms with Crippen molar-refractivity contribution < 1.29 is 4.79 Å². The second-order valence-corrected chi connectivity index (χ2v) is 5.01. The lowest BCUT2D eigenvalue weighted by atomic mass is 10.2. The predicted octanol–water partition coefficient (Wildman–Crippen LogP) is 2.42. The van der Waals surface area contributed by atoms with Crippen molar-refractivity contribution in [2.24, 2.45) is 0 Å². The summed E-state index contributed by atoms with van der Waals surface area (Å²) < 4.78 is 0. The van der Waals surface area contributed by atoms with Crippen molar-refractivity contribution in [3.05, 3.63) is 60.0 Å². The molecule has 0 atom stereocenters. The fourth-order valence-electron chi connectivity index (χ4n) is 2.33. The molecule has 21 heavy (non-hydrogen) atoms. The van der Waals surface area contributed by atoms with E-state index in [2.05, 4.69) is 9.97 Å². The van der Waals surface area contributed by atoms with Crippen LogP contribution in [0.3, 0.4) is 0 Å². The van der Waals surface area contributed by atoms with E-state index in [-0.39, 0.29) is 5.91 Å². The maximum Gasteiger partial charge on any atom is 0.270 e. The van der Waals surface area contributed by atoms with Gasteiger partial charge in [0.15, 0.2) is 0 Å². The molecule has 0 saturated heterocycles. The molecule has 1 amide bonds. The number of amides is 1. The van der Waals surface area contributed by atoms with E-state index in [4.69, 9.17) is 5.73 Å². The molecule has 5 heteroatoms. The molecule has 106 valence electrons. The first kappa shape index (κ1) is 13.2. The third-order valence-electron chi connectivity index (χ3n) is 3.43. The first-order chi connectivity index (χ1) is 10.1. The third-order valence-corrected chi connectivity index (χ3v) is 3.43. The summed E-state index contributed by atoms with van der Waals surface area (Å²) in [5.41, 5.74) is 8.93. The van der Waals surface area contributed by atoms with E-state index >= 15 is 0 Å². The van der Waals surface area contributed by atoms with Crippen LogP contribution >= 0.6 is 0 Å². The molecule has 0 bridgehead atoms. The van der Waals surface area contributed by atoms with E-state index in [1.54, 1.807) is 24.3 Å². The molecule has 5 nitrogen and oxygen atoms in total. The Morgan fingerprint density at radius 2 is 2.05 bits per heavy atom. The Kier molecular flexibility index (Phi) is 3.31. The Balaban J connectivity index is 1.84. The predicted molar refractivity (Wildman–Crippen MR) is 82.7 cm³/mol. The molecule has 0 aliphatic carbocycles. The van der Waals surface area contributed by atoms with Gasteiger partial charge in [-0.1, -0.05) is 12.1 Å². The van der Waals surface area contributed by atoms with Gasteiger partial charge in [0.1, 0.15) is 5.69 Å². The number of nitrogens with one attached hydrogen (secondary N) is 1. The van der Waals surface area contributed by atoms with Crippen LogP contribution in [-0.4, -0.2) is 27.8 Å². The number of anilines is 1. The van der Waals surface area contributed by atoms with Gasteiger partial charge in [0.25, 0.3) is 5.91 Å². The minimum Gasteiger partial charge on any atom is -0.397 e. The number of hydrogen-bond donors (Lipinski definition) is 2. The van der Waals surface area contributed by atoms with Gasteiger partial charge >= 0.3 is 0 Å². The summed E-state index contributed by atoms with van der Waals surface area (Å²) in [5.74, 6) is -0.0672. The molecule has 0 fully saturated rings. The van der Waals surface area contributed by atoms with Gasteiger partial charge in [0.2, 0.25) is 0 Å². The van der Waals surface area contributed by atoms with Crippen LogP contribution in [0.1, 0.15) is 16.1 Å². The lowest BCUT2D eigenvalue weighted by Gasteiger charge is -2.16. The standard InChI is InChI=1S/C16H16N4O/c1-20(10-11-5-7-18-8-6-11)16(21)14-9-12-3-2-4-13(17)15(12)19-14/h2-9,19H,10,17H2,1H3. The van der Waals surface area contributed by atoms with E-state index in [0.717, 1.165) is 16.5 Å². The highest BCUT2D eigenvalue weighted by molar-refractivity contribution is 6.00. The zero-order valence-electron chi connectivity index (χ0n) is 11.7. The number of carbonyl (C=O) groups is 1. The summed E-state index contributed by atoms with van der Waals surface area (Å²) in [7, 11) is 1.78. The smallest absolute Gasteiger partial charge is 0.270 e. The van der Waals surface area contributed by atoms with Crippen LogP contribution in [0, 0.1) is 0 Å². The van der Waals surface area contributed by atoms with Crippen LogP contribution in [-0.2, 0) is 6.54 Å². The van der Waals surface area contributed by atoms with Gasteiger partial charge < -0.3 is 15.6 Å². The molecule has 0 radical (unpaired) electrons. The van der Waals surface area contributed by atoms with Crippen molar-refractivity contribution in [2.45, 2.75) is 6.54 Å². The SMILES string of the molecule is CN(Cc1ccncc1)C(=O)c1cc2cccc(N)c2[nH]1. The number of fused-ring (bicyclic) bond motifs is 1. The molecule has 0 aliphatic rings. The lowest BCUT2D eigenvalue weighted by molar-refractivity contribution is 0.0780. The topological polar surface area (TPSA) is 75.0 Å². The van der Waals surface area contributed by atoms with Gasteiger partial charge in [0.05, 0.1) is 11.2 Å². The monoisotopic (exact) mass is 280 g/mol. The number of benzene rings is 1. The number of aromatic nitrogens is 2. The van der Waals surface area contributed by atoms with Crippen LogP contribution in [0.5, 0.6) is 0 Å². The number of H-pyrrole nitrogens is 1. The molecule has 0 aliphatic heterocycles. The number of nitrogens with two attached hydrogens (primary N) is 1. The number of para-hydroxylation sites is 1. The fraction of sp³-hybridized carbons (Fsp3) is 0.125. The Hall–Kier alpha value is -2.82. The number of hydrogen-bond acceptors (Lipinski definition) is 3. The van der Waals surface area contributed by atoms with Gasteiger partial charge in [-0.3, -0.25) is 9.78 Å². The number of nitrogen functional groups attached to an aromatic ring is 1. The first-order valence-electron chi connectivity index (χ1n) is 6.67. The zero-order valence-corrected chi connectivity index (χ0v) is 11.7. The third kappa shape index (κ3) is 2.58. The maximum atomic E-state index is 12.5. The van der Waals surface area contributed by atoms with Crippen molar-refractivity contribution in [3.8, 4) is 0 Å². The zero-order chi connectivity index (χ0) is 14.8. The highest BCUT2D eigenvalue weighted by Gasteiger charge is 2.15. The molecule has 3 N–H and O–H groups in total. The lowest BCUT2D eigenvalue weighted by Crippen LogP contribution is -2.26. The summed E-state index contributed by atoms with van der Waals surface area (Å²) in [6, 6.07) is 11.2. The molecule has 0 unspecified atom stereocenters. The van der Waals surface area contributed by atoms with Crippen molar-refractivity contribution in [2.75, 3.05) is 12.8 Å². The minimum atomic E-state index is -0.0672. The summed E-state index contributed by atoms with van der Waals surface area (Å²) >= 11 is 0. The van der Waals surface area contributed by atoms with Crippen LogP contribution in [0.4, 0.5) is 5.69 Å². The van der Waals surface area contributed by atoms with Gasteiger partial charge in [0, 0.05) is 31.4 Å². The summed E-state index contributed by atoms with van der Waals surface area (Å²) in [6.07, 6.45) is 3.44. The van der Waals surface area contributed by atoms with Crippen molar-refractivity contribution >= 4 is 22.5 Å². The second-order valence-electron chi connectivity index (χ2n) is 5.01. The number of pyridine rings is 1. The normalized spacial score (nSPS) is 10.7. The molecule has 0 spiro atoms. The van der Waals surface area contributed by atoms with Crippen molar-refractivity contribution in [1.82, 2.24) is 14.9 Å². The highest BCUT2D eigenvalue weighted by Crippen LogP contribution is 2.22. The Bertz CT molecular complexity index is 779. The van der Waals surface area contributed by atoms with Gasteiger partial charge in [-0.25, -0.2) is 0 Å². The second kappa shape index (κ2) is 5.28. The van der Waals surface area contributed by atoms with Crippen molar-refractivity contribution in [1.29, 1.82) is 0 Å². The fourth-order valence-corrected chi connectivity index (χ4v) is 2.33. The molecule has 1 aromatic carbocycles. The van der Waals surface area contributed by atoms with E-state index in [9.17, 15) is 4.79 Å². The largest absolute Gasteiger partial charge is 0.397 e. The number of nitrogens with zero attached hydrogens (tertiary/aromatic N) is 2. The Morgan fingerprint density at radius 3 is 2.76 bits per heavy atom. The van der Waals surface area contributed by atoms with Crippen LogP contribution in [0.2, 0.25) is 0 Å². The molecule has 0 saturated carbocycles. The Morgan fingerprint density at radius 1 is 1.29 bits per heavy atom. The molecular formula is C16H16N4O. The average Bonchev–Trinajstić information content (AvgIpc) is 2.93. The molecular weight excluding hydrogens is 264 g/mol. The van der Waals surface area contributed by atoms with E-state index in [1.165, 1.54) is 0 Å². The molecule has 3 rings (SSSR count). The number of aromatic amines is 1. The maximum absolute atomic E-state index is 12.5. The molecule has 2 heterocycles. The summed E-state index contributed by atoms with van der Waals surface area (Å²) in [6.45, 7) is 0.534.